The first kappa shape index (κ1) is 19.7. The van der Waals surface area contributed by atoms with Gasteiger partial charge in [0.2, 0.25) is 11.8 Å². The largest absolute Gasteiger partial charge is 0.326 e. The van der Waals surface area contributed by atoms with Gasteiger partial charge in [-0.1, -0.05) is 13.8 Å². The van der Waals surface area contributed by atoms with Gasteiger partial charge in [0.25, 0.3) is 0 Å². The van der Waals surface area contributed by atoms with Crippen molar-refractivity contribution in [1.29, 1.82) is 0 Å². The van der Waals surface area contributed by atoms with Gasteiger partial charge in [-0.25, -0.2) is 0 Å². The molecule has 2 aliphatic rings. The number of halogens is 1. The Balaban J connectivity index is 0.00000225. The molecule has 2 bridgehead atoms. The normalized spacial score (nSPS) is 24.5. The van der Waals surface area contributed by atoms with E-state index in [1.165, 1.54) is 12.8 Å². The first-order valence-electron chi connectivity index (χ1n) is 8.96. The van der Waals surface area contributed by atoms with E-state index >= 15 is 0 Å². The zero-order chi connectivity index (χ0) is 17.1. The molecule has 5 nitrogen and oxygen atoms in total. The fourth-order valence-corrected chi connectivity index (χ4v) is 3.74. The van der Waals surface area contributed by atoms with E-state index in [1.807, 2.05) is 38.1 Å². The molecule has 2 fully saturated rings. The number of carbonyl (C=O) groups is 2. The van der Waals surface area contributed by atoms with Crippen molar-refractivity contribution >= 4 is 35.6 Å². The molecule has 2 amide bonds. The number of benzene rings is 1. The van der Waals surface area contributed by atoms with Gasteiger partial charge in [0, 0.05) is 35.8 Å². The summed E-state index contributed by atoms with van der Waals surface area (Å²) in [5.41, 5.74) is 1.53. The summed E-state index contributed by atoms with van der Waals surface area (Å²) in [5, 5.41) is 9.42. The van der Waals surface area contributed by atoms with Gasteiger partial charge >= 0.3 is 0 Å². The van der Waals surface area contributed by atoms with E-state index in [4.69, 9.17) is 0 Å². The van der Waals surface area contributed by atoms with Gasteiger partial charge in [0.1, 0.15) is 0 Å². The smallest absolute Gasteiger partial charge is 0.226 e. The van der Waals surface area contributed by atoms with Gasteiger partial charge in [0.05, 0.1) is 0 Å². The van der Waals surface area contributed by atoms with Crippen molar-refractivity contribution in [1.82, 2.24) is 5.32 Å². The molecule has 3 N–H and O–H groups in total. The SMILES string of the molecule is CC(C)C(=O)Nc1ccc(NC(=O)CC2CC3CCC(C2)N3)cc1.Cl. The van der Waals surface area contributed by atoms with Crippen LogP contribution >= 0.6 is 12.4 Å². The van der Waals surface area contributed by atoms with Crippen LogP contribution in [0.3, 0.4) is 0 Å². The first-order chi connectivity index (χ1) is 11.5. The van der Waals surface area contributed by atoms with Crippen LogP contribution in [0.5, 0.6) is 0 Å². The summed E-state index contributed by atoms with van der Waals surface area (Å²) < 4.78 is 0. The number of nitrogens with one attached hydrogen (secondary N) is 3. The lowest BCUT2D eigenvalue weighted by molar-refractivity contribution is -0.119. The number of anilines is 2. The fraction of sp³-hybridized carbons (Fsp3) is 0.579. The minimum atomic E-state index is -0.0512. The van der Waals surface area contributed by atoms with Crippen LogP contribution in [0.4, 0.5) is 11.4 Å². The highest BCUT2D eigenvalue weighted by atomic mass is 35.5. The van der Waals surface area contributed by atoms with Crippen molar-refractivity contribution in [3.8, 4) is 0 Å². The van der Waals surface area contributed by atoms with Crippen LogP contribution in [0, 0.1) is 11.8 Å². The second-order valence-electron chi connectivity index (χ2n) is 7.45. The summed E-state index contributed by atoms with van der Waals surface area (Å²) in [5.74, 6) is 0.519. The predicted octanol–water partition coefficient (Wildman–Crippen LogP) is 3.56. The van der Waals surface area contributed by atoms with E-state index in [9.17, 15) is 9.59 Å². The Kier molecular flexibility index (Phi) is 6.85. The summed E-state index contributed by atoms with van der Waals surface area (Å²) in [6.45, 7) is 3.72. The minimum absolute atomic E-state index is 0. The highest BCUT2D eigenvalue weighted by Gasteiger charge is 2.34. The number of fused-ring (bicyclic) bond motifs is 2. The summed E-state index contributed by atoms with van der Waals surface area (Å²) >= 11 is 0. The van der Waals surface area contributed by atoms with Crippen molar-refractivity contribution in [2.45, 2.75) is 58.0 Å². The molecule has 2 atom stereocenters. The van der Waals surface area contributed by atoms with Gasteiger partial charge in [-0.3, -0.25) is 9.59 Å². The molecule has 0 spiro atoms. The Morgan fingerprint density at radius 3 is 2.08 bits per heavy atom. The van der Waals surface area contributed by atoms with Gasteiger partial charge < -0.3 is 16.0 Å². The molecule has 1 aromatic carbocycles. The maximum atomic E-state index is 12.3. The molecule has 6 heteroatoms. The minimum Gasteiger partial charge on any atom is -0.326 e. The van der Waals surface area contributed by atoms with E-state index < -0.39 is 0 Å². The van der Waals surface area contributed by atoms with E-state index in [2.05, 4.69) is 16.0 Å². The van der Waals surface area contributed by atoms with Crippen LogP contribution in [0.25, 0.3) is 0 Å². The van der Waals surface area contributed by atoms with Crippen LogP contribution in [0.2, 0.25) is 0 Å². The molecule has 3 rings (SSSR count). The van der Waals surface area contributed by atoms with Gasteiger partial charge in [-0.2, -0.15) is 0 Å². The summed E-state index contributed by atoms with van der Waals surface area (Å²) in [4.78, 5) is 23.9. The monoisotopic (exact) mass is 365 g/mol. The van der Waals surface area contributed by atoms with Crippen LogP contribution in [-0.2, 0) is 9.59 Å². The Hall–Kier alpha value is -1.59. The molecule has 0 aliphatic carbocycles. The third kappa shape index (κ3) is 5.44. The standard InChI is InChI=1S/C19H27N3O2.ClH/c1-12(2)19(24)22-15-5-3-14(4-6-15)21-18(23)11-13-9-16-7-8-17(10-13)20-16;/h3-6,12-13,16-17,20H,7-11H2,1-2H3,(H,21,23)(H,22,24);1H. The van der Waals surface area contributed by atoms with Crippen molar-refractivity contribution in [2.24, 2.45) is 11.8 Å². The van der Waals surface area contributed by atoms with Crippen molar-refractivity contribution in [2.75, 3.05) is 10.6 Å². The highest BCUT2D eigenvalue weighted by molar-refractivity contribution is 5.93. The van der Waals surface area contributed by atoms with Gasteiger partial charge in [-0.15, -0.1) is 12.4 Å². The number of hydrogen-bond acceptors (Lipinski definition) is 3. The molecule has 0 aromatic heterocycles. The highest BCUT2D eigenvalue weighted by Crippen LogP contribution is 2.32. The lowest BCUT2D eigenvalue weighted by atomic mass is 9.89. The predicted molar refractivity (Wildman–Crippen MR) is 103 cm³/mol. The molecular formula is C19H28ClN3O2. The molecular weight excluding hydrogens is 338 g/mol. The van der Waals surface area contributed by atoms with Crippen LogP contribution < -0.4 is 16.0 Å². The Morgan fingerprint density at radius 1 is 1.04 bits per heavy atom. The maximum absolute atomic E-state index is 12.3. The Bertz CT molecular complexity index is 591. The van der Waals surface area contributed by atoms with Crippen LogP contribution in [-0.4, -0.2) is 23.9 Å². The van der Waals surface area contributed by atoms with Crippen molar-refractivity contribution in [3.05, 3.63) is 24.3 Å². The Morgan fingerprint density at radius 2 is 1.56 bits per heavy atom. The lowest BCUT2D eigenvalue weighted by Gasteiger charge is -2.28. The average Bonchev–Trinajstić information content (AvgIpc) is 2.87. The summed E-state index contributed by atoms with van der Waals surface area (Å²) in [6.07, 6.45) is 5.34. The Labute approximate surface area is 155 Å². The topological polar surface area (TPSA) is 70.2 Å². The zero-order valence-electron chi connectivity index (χ0n) is 14.9. The molecule has 138 valence electrons. The number of hydrogen-bond donors (Lipinski definition) is 3. The molecule has 2 unspecified atom stereocenters. The number of carbonyl (C=O) groups excluding carboxylic acids is 2. The van der Waals surface area contributed by atoms with E-state index in [1.54, 1.807) is 0 Å². The van der Waals surface area contributed by atoms with Crippen LogP contribution in [0.1, 0.15) is 46.0 Å². The van der Waals surface area contributed by atoms with Gasteiger partial charge in [-0.05, 0) is 55.9 Å². The number of amides is 2. The molecule has 2 saturated heterocycles. The lowest BCUT2D eigenvalue weighted by Crippen LogP contribution is -2.39. The molecule has 25 heavy (non-hydrogen) atoms. The van der Waals surface area contributed by atoms with Crippen molar-refractivity contribution < 1.29 is 9.59 Å². The van der Waals surface area contributed by atoms with E-state index in [-0.39, 0.29) is 30.1 Å². The molecule has 2 aliphatic heterocycles. The summed E-state index contributed by atoms with van der Waals surface area (Å²) in [7, 11) is 0. The molecule has 1 aromatic rings. The van der Waals surface area contributed by atoms with Crippen LogP contribution in [0.15, 0.2) is 24.3 Å². The zero-order valence-corrected chi connectivity index (χ0v) is 15.7. The number of piperidine rings is 1. The summed E-state index contributed by atoms with van der Waals surface area (Å²) in [6, 6.07) is 8.54. The van der Waals surface area contributed by atoms with E-state index in [0.29, 0.717) is 24.4 Å². The second kappa shape index (κ2) is 8.68. The quantitative estimate of drug-likeness (QED) is 0.747. The fourth-order valence-electron chi connectivity index (χ4n) is 3.74. The van der Waals surface area contributed by atoms with Gasteiger partial charge in [0.15, 0.2) is 0 Å². The second-order valence-corrected chi connectivity index (χ2v) is 7.45. The first-order valence-corrected chi connectivity index (χ1v) is 8.96. The molecule has 0 saturated carbocycles. The maximum Gasteiger partial charge on any atom is 0.226 e. The van der Waals surface area contributed by atoms with E-state index in [0.717, 1.165) is 24.2 Å². The molecule has 2 heterocycles. The molecule has 0 radical (unpaired) electrons. The third-order valence-corrected chi connectivity index (χ3v) is 5.01. The number of rotatable bonds is 5. The average molecular weight is 366 g/mol. The third-order valence-electron chi connectivity index (χ3n) is 5.01. The van der Waals surface area contributed by atoms with Crippen molar-refractivity contribution in [3.63, 3.8) is 0 Å².